The molecule has 1 aromatic heterocycles. The number of hydrogen-bond donors (Lipinski definition) is 1. The first-order valence-corrected chi connectivity index (χ1v) is 9.41. The summed E-state index contributed by atoms with van der Waals surface area (Å²) in [7, 11) is 0. The largest absolute Gasteiger partial charge is 0.755 e. The summed E-state index contributed by atoms with van der Waals surface area (Å²) in [5.74, 6) is -1.21. The van der Waals surface area contributed by atoms with Crippen molar-refractivity contribution in [3.63, 3.8) is 0 Å². The highest BCUT2D eigenvalue weighted by Crippen LogP contribution is 2.30. The molecule has 3 rings (SSSR count). The number of halogens is 1. The van der Waals surface area contributed by atoms with Gasteiger partial charge in [0.25, 0.3) is 5.91 Å². The highest BCUT2D eigenvalue weighted by atomic mass is 32.2. The van der Waals surface area contributed by atoms with Gasteiger partial charge in [-0.3, -0.25) is 18.3 Å². The second-order valence-corrected chi connectivity index (χ2v) is 6.86. The molecule has 1 unspecified atom stereocenters. The highest BCUT2D eigenvalue weighted by Gasteiger charge is 2.18. The van der Waals surface area contributed by atoms with Gasteiger partial charge in [0.05, 0.1) is 22.6 Å². The predicted molar refractivity (Wildman–Crippen MR) is 104 cm³/mol. The first kappa shape index (κ1) is 19.7. The lowest BCUT2D eigenvalue weighted by Gasteiger charge is -2.27. The number of amides is 1. The summed E-state index contributed by atoms with van der Waals surface area (Å²) in [5.41, 5.74) is 1.92. The van der Waals surface area contributed by atoms with E-state index in [0.29, 0.717) is 0 Å². The van der Waals surface area contributed by atoms with Gasteiger partial charge in [0.2, 0.25) is 0 Å². The molecule has 8 heteroatoms. The minimum atomic E-state index is -2.77. The van der Waals surface area contributed by atoms with Gasteiger partial charge in [-0.15, -0.1) is 0 Å². The zero-order chi connectivity index (χ0) is 20.1. The first-order valence-electron chi connectivity index (χ1n) is 8.38. The van der Waals surface area contributed by atoms with Crippen LogP contribution in [0.25, 0.3) is 0 Å². The van der Waals surface area contributed by atoms with Crippen molar-refractivity contribution in [2.75, 3.05) is 4.31 Å². The number of aromatic nitrogens is 1. The maximum atomic E-state index is 14.4. The van der Waals surface area contributed by atoms with Crippen molar-refractivity contribution in [1.29, 1.82) is 0 Å². The predicted octanol–water partition coefficient (Wildman–Crippen LogP) is 3.39. The Kier molecular flexibility index (Phi) is 6.13. The van der Waals surface area contributed by atoms with Crippen LogP contribution in [-0.4, -0.2) is 19.7 Å². The van der Waals surface area contributed by atoms with Crippen LogP contribution in [0.4, 0.5) is 15.8 Å². The van der Waals surface area contributed by atoms with Crippen molar-refractivity contribution in [2.45, 2.75) is 13.5 Å². The Morgan fingerprint density at radius 1 is 1.21 bits per heavy atom. The Labute approximate surface area is 164 Å². The average Bonchev–Trinajstić information content (AvgIpc) is 2.70. The minimum absolute atomic E-state index is 0.142. The SMILES string of the molecule is Cc1ccc(N(c2cc(C(=O)NCc3cccnc3)ccc2F)S(=O)[O-])cc1. The number of aryl methyl sites for hydroxylation is 1. The molecule has 0 saturated heterocycles. The number of nitrogens with zero attached hydrogens (tertiary/aromatic N) is 2. The minimum Gasteiger partial charge on any atom is -0.755 e. The molecule has 2 aromatic carbocycles. The molecule has 144 valence electrons. The number of benzene rings is 2. The van der Waals surface area contributed by atoms with E-state index >= 15 is 0 Å². The van der Waals surface area contributed by atoms with Gasteiger partial charge < -0.3 is 9.87 Å². The van der Waals surface area contributed by atoms with E-state index in [1.54, 1.807) is 42.7 Å². The lowest BCUT2D eigenvalue weighted by molar-refractivity contribution is 0.0951. The van der Waals surface area contributed by atoms with E-state index in [2.05, 4.69) is 10.3 Å². The highest BCUT2D eigenvalue weighted by molar-refractivity contribution is 7.81. The van der Waals surface area contributed by atoms with Crippen LogP contribution in [0.3, 0.4) is 0 Å². The third-order valence-electron chi connectivity index (χ3n) is 4.02. The fourth-order valence-electron chi connectivity index (χ4n) is 2.58. The lowest BCUT2D eigenvalue weighted by Crippen LogP contribution is -2.24. The molecule has 6 nitrogen and oxygen atoms in total. The third-order valence-corrected chi connectivity index (χ3v) is 4.73. The molecule has 1 N–H and O–H groups in total. The fourth-order valence-corrected chi connectivity index (χ4v) is 3.18. The number of carbonyl (C=O) groups excluding carboxylic acids is 1. The van der Waals surface area contributed by atoms with E-state index in [4.69, 9.17) is 0 Å². The molecule has 1 amide bonds. The smallest absolute Gasteiger partial charge is 0.251 e. The van der Waals surface area contributed by atoms with Crippen LogP contribution in [0.5, 0.6) is 0 Å². The quantitative estimate of drug-likeness (QED) is 0.645. The van der Waals surface area contributed by atoms with Crippen molar-refractivity contribution in [3.05, 3.63) is 89.5 Å². The zero-order valence-corrected chi connectivity index (χ0v) is 15.8. The second kappa shape index (κ2) is 8.73. The van der Waals surface area contributed by atoms with Crippen LogP contribution in [-0.2, 0) is 17.8 Å². The first-order chi connectivity index (χ1) is 13.5. The number of rotatable bonds is 6. The number of hydrogen-bond acceptors (Lipinski definition) is 4. The van der Waals surface area contributed by atoms with Gasteiger partial charge in [0.1, 0.15) is 5.82 Å². The average molecular weight is 398 g/mol. The molecule has 1 heterocycles. The van der Waals surface area contributed by atoms with Crippen LogP contribution in [0.2, 0.25) is 0 Å². The molecule has 0 saturated carbocycles. The van der Waals surface area contributed by atoms with Gasteiger partial charge >= 0.3 is 0 Å². The van der Waals surface area contributed by atoms with Crippen LogP contribution in [0, 0.1) is 12.7 Å². The van der Waals surface area contributed by atoms with E-state index in [-0.39, 0.29) is 23.5 Å². The maximum Gasteiger partial charge on any atom is 0.251 e. The number of anilines is 2. The summed E-state index contributed by atoms with van der Waals surface area (Å²) in [5, 5.41) is 2.70. The summed E-state index contributed by atoms with van der Waals surface area (Å²) < 4.78 is 38.8. The summed E-state index contributed by atoms with van der Waals surface area (Å²) >= 11 is -2.77. The Balaban J connectivity index is 1.87. The van der Waals surface area contributed by atoms with Crippen molar-refractivity contribution < 1.29 is 17.9 Å². The van der Waals surface area contributed by atoms with Gasteiger partial charge in [-0.25, -0.2) is 4.39 Å². The summed E-state index contributed by atoms with van der Waals surface area (Å²) in [6, 6.07) is 13.7. The lowest BCUT2D eigenvalue weighted by atomic mass is 10.1. The number of pyridine rings is 1. The number of carbonyl (C=O) groups is 1. The summed E-state index contributed by atoms with van der Waals surface area (Å²) in [4.78, 5) is 16.4. The van der Waals surface area contributed by atoms with Gasteiger partial charge in [-0.05, 0) is 48.9 Å². The zero-order valence-electron chi connectivity index (χ0n) is 15.0. The Morgan fingerprint density at radius 2 is 1.96 bits per heavy atom. The van der Waals surface area contributed by atoms with E-state index in [1.807, 2.05) is 13.0 Å². The topological polar surface area (TPSA) is 85.4 Å². The third kappa shape index (κ3) is 4.59. The van der Waals surface area contributed by atoms with Crippen molar-refractivity contribution >= 4 is 28.5 Å². The van der Waals surface area contributed by atoms with Crippen LogP contribution >= 0.6 is 0 Å². The normalized spacial score (nSPS) is 11.7. The van der Waals surface area contributed by atoms with Gasteiger partial charge in [0.15, 0.2) is 0 Å². The maximum absolute atomic E-state index is 14.4. The van der Waals surface area contributed by atoms with Crippen molar-refractivity contribution in [1.82, 2.24) is 10.3 Å². The second-order valence-electron chi connectivity index (χ2n) is 6.06. The van der Waals surface area contributed by atoms with Crippen LogP contribution in [0.1, 0.15) is 21.5 Å². The molecular formula is C20H17FN3O3S-. The van der Waals surface area contributed by atoms with E-state index in [1.165, 1.54) is 12.1 Å². The molecule has 3 aromatic rings. The molecule has 0 aliphatic rings. The van der Waals surface area contributed by atoms with Gasteiger partial charge in [-0.2, -0.15) is 0 Å². The Bertz CT molecular complexity index is 997. The van der Waals surface area contributed by atoms with Gasteiger partial charge in [0, 0.05) is 24.5 Å². The Hall–Kier alpha value is -3.10. The summed E-state index contributed by atoms with van der Waals surface area (Å²) in [6.45, 7) is 2.10. The molecule has 0 radical (unpaired) electrons. The monoisotopic (exact) mass is 398 g/mol. The molecule has 0 aliphatic carbocycles. The molecular weight excluding hydrogens is 381 g/mol. The molecule has 0 aliphatic heterocycles. The van der Waals surface area contributed by atoms with Crippen LogP contribution < -0.4 is 9.62 Å². The number of nitrogens with one attached hydrogen (secondary N) is 1. The van der Waals surface area contributed by atoms with Crippen LogP contribution in [0.15, 0.2) is 67.0 Å². The summed E-state index contributed by atoms with van der Waals surface area (Å²) in [6.07, 6.45) is 3.25. The molecule has 0 bridgehead atoms. The molecule has 0 spiro atoms. The fraction of sp³-hybridized carbons (Fsp3) is 0.100. The van der Waals surface area contributed by atoms with E-state index in [9.17, 15) is 17.9 Å². The molecule has 28 heavy (non-hydrogen) atoms. The standard InChI is InChI=1S/C20H18FN3O3S/c1-14-4-7-17(8-5-14)24(28(26)27)19-11-16(6-9-18(19)21)20(25)23-13-15-3-2-10-22-12-15/h2-12H,13H2,1H3,(H,23,25)(H,26,27)/p-1. The molecule has 0 fully saturated rings. The van der Waals surface area contributed by atoms with E-state index < -0.39 is 23.0 Å². The van der Waals surface area contributed by atoms with E-state index in [0.717, 1.165) is 21.5 Å². The van der Waals surface area contributed by atoms with Crippen molar-refractivity contribution in [3.8, 4) is 0 Å². The van der Waals surface area contributed by atoms with Gasteiger partial charge in [-0.1, -0.05) is 23.8 Å². The molecule has 1 atom stereocenters. The Morgan fingerprint density at radius 3 is 2.61 bits per heavy atom. The van der Waals surface area contributed by atoms with Crippen molar-refractivity contribution in [2.24, 2.45) is 0 Å².